The fraction of sp³-hybridized carbons (Fsp3) is 0.455. The molecule has 76 valence electrons. The Hall–Kier alpha value is -0.0200. The highest BCUT2D eigenvalue weighted by Gasteiger charge is 2.25. The Balaban J connectivity index is 2.00. The lowest BCUT2D eigenvalue weighted by Crippen LogP contribution is -2.14. The van der Waals surface area contributed by atoms with E-state index in [4.69, 9.17) is 0 Å². The van der Waals surface area contributed by atoms with Crippen molar-refractivity contribution in [2.75, 3.05) is 11.5 Å². The predicted molar refractivity (Wildman–Crippen MR) is 63.6 cm³/mol. The van der Waals surface area contributed by atoms with Gasteiger partial charge in [-0.3, -0.25) is 0 Å². The Morgan fingerprint density at radius 1 is 1.29 bits per heavy atom. The first-order valence-corrected chi connectivity index (χ1v) is 6.79. The van der Waals surface area contributed by atoms with Crippen LogP contribution in [0.15, 0.2) is 24.3 Å². The van der Waals surface area contributed by atoms with Crippen molar-refractivity contribution in [2.45, 2.75) is 11.2 Å². The molecule has 2 unspecified atom stereocenters. The molecular formula is C11H12BrFS. The number of hydrogen-bond acceptors (Lipinski definition) is 1. The molecule has 0 spiro atoms. The summed E-state index contributed by atoms with van der Waals surface area (Å²) in [5.41, 5.74) is 1.24. The predicted octanol–water partition coefficient (Wildman–Crippen LogP) is 3.49. The first kappa shape index (κ1) is 10.5. The highest BCUT2D eigenvalue weighted by Crippen LogP contribution is 2.32. The van der Waals surface area contributed by atoms with Crippen molar-refractivity contribution in [3.05, 3.63) is 35.6 Å². The van der Waals surface area contributed by atoms with Crippen LogP contribution in [-0.4, -0.2) is 16.3 Å². The lowest BCUT2D eigenvalue weighted by atomic mass is 9.99. The summed E-state index contributed by atoms with van der Waals surface area (Å²) in [4.78, 5) is 0.623. The van der Waals surface area contributed by atoms with Gasteiger partial charge < -0.3 is 0 Å². The fourth-order valence-corrected chi connectivity index (χ4v) is 4.15. The summed E-state index contributed by atoms with van der Waals surface area (Å²) in [5.74, 6) is 2.97. The third kappa shape index (κ3) is 2.51. The third-order valence-corrected chi connectivity index (χ3v) is 5.29. The van der Waals surface area contributed by atoms with E-state index in [0.29, 0.717) is 10.7 Å². The Labute approximate surface area is 96.4 Å². The van der Waals surface area contributed by atoms with E-state index in [-0.39, 0.29) is 5.82 Å². The Morgan fingerprint density at radius 3 is 2.57 bits per heavy atom. The molecule has 0 saturated carbocycles. The molecule has 14 heavy (non-hydrogen) atoms. The Bertz CT molecular complexity index is 299. The summed E-state index contributed by atoms with van der Waals surface area (Å²) in [6.45, 7) is 0. The van der Waals surface area contributed by atoms with Crippen LogP contribution in [0.1, 0.15) is 5.56 Å². The zero-order valence-electron chi connectivity index (χ0n) is 7.75. The molecule has 0 N–H and O–H groups in total. The minimum atomic E-state index is -0.148. The molecule has 1 fully saturated rings. The molecule has 0 amide bonds. The summed E-state index contributed by atoms with van der Waals surface area (Å²) in [6.07, 6.45) is 1.06. The lowest BCUT2D eigenvalue weighted by molar-refractivity contribution is 0.608. The van der Waals surface area contributed by atoms with Gasteiger partial charge in [0.2, 0.25) is 0 Å². The van der Waals surface area contributed by atoms with Gasteiger partial charge in [-0.2, -0.15) is 11.8 Å². The van der Waals surface area contributed by atoms with E-state index < -0.39 is 0 Å². The minimum Gasteiger partial charge on any atom is -0.207 e. The molecule has 1 aliphatic heterocycles. The maximum Gasteiger partial charge on any atom is 0.123 e. The highest BCUT2D eigenvalue weighted by atomic mass is 79.9. The Kier molecular flexibility index (Phi) is 3.50. The number of halogens is 2. The first-order valence-electron chi connectivity index (χ1n) is 4.72. The fourth-order valence-electron chi connectivity index (χ4n) is 1.68. The third-order valence-electron chi connectivity index (χ3n) is 2.53. The van der Waals surface area contributed by atoms with Gasteiger partial charge in [0.1, 0.15) is 5.82 Å². The number of benzene rings is 1. The van der Waals surface area contributed by atoms with E-state index in [1.54, 1.807) is 12.1 Å². The molecule has 1 saturated heterocycles. The minimum absolute atomic E-state index is 0.148. The number of thioether (sulfide) groups is 1. The van der Waals surface area contributed by atoms with Gasteiger partial charge in [-0.1, -0.05) is 28.1 Å². The van der Waals surface area contributed by atoms with Crippen LogP contribution in [0.5, 0.6) is 0 Å². The summed E-state index contributed by atoms with van der Waals surface area (Å²) in [5, 5.41) is 0. The average molecular weight is 275 g/mol. The van der Waals surface area contributed by atoms with E-state index in [0.717, 1.165) is 6.42 Å². The molecule has 1 aromatic rings. The zero-order valence-corrected chi connectivity index (χ0v) is 10.2. The molecule has 0 radical (unpaired) electrons. The number of rotatable bonds is 2. The van der Waals surface area contributed by atoms with Gasteiger partial charge in [-0.05, 0) is 35.8 Å². The van der Waals surface area contributed by atoms with Crippen LogP contribution in [0, 0.1) is 11.7 Å². The SMILES string of the molecule is Fc1ccc(CC2CSCC2Br)cc1. The second-order valence-electron chi connectivity index (χ2n) is 3.64. The molecular weight excluding hydrogens is 263 g/mol. The maximum absolute atomic E-state index is 12.7. The smallest absolute Gasteiger partial charge is 0.123 e. The molecule has 2 rings (SSSR count). The maximum atomic E-state index is 12.7. The van der Waals surface area contributed by atoms with Crippen LogP contribution in [0.25, 0.3) is 0 Å². The quantitative estimate of drug-likeness (QED) is 0.744. The lowest BCUT2D eigenvalue weighted by Gasteiger charge is -2.12. The van der Waals surface area contributed by atoms with Gasteiger partial charge in [0.25, 0.3) is 0 Å². The molecule has 0 aromatic heterocycles. The molecule has 0 aliphatic carbocycles. The van der Waals surface area contributed by atoms with Crippen molar-refractivity contribution >= 4 is 27.7 Å². The van der Waals surface area contributed by atoms with E-state index in [9.17, 15) is 4.39 Å². The van der Waals surface area contributed by atoms with E-state index in [1.165, 1.54) is 17.1 Å². The molecule has 0 bridgehead atoms. The van der Waals surface area contributed by atoms with Gasteiger partial charge in [0, 0.05) is 10.6 Å². The second kappa shape index (κ2) is 4.67. The van der Waals surface area contributed by atoms with Crippen LogP contribution in [0.4, 0.5) is 4.39 Å². The van der Waals surface area contributed by atoms with Crippen molar-refractivity contribution in [2.24, 2.45) is 5.92 Å². The summed E-state index contributed by atoms with van der Waals surface area (Å²) >= 11 is 5.67. The van der Waals surface area contributed by atoms with Gasteiger partial charge in [0.05, 0.1) is 0 Å². The van der Waals surface area contributed by atoms with Crippen LogP contribution in [0.2, 0.25) is 0 Å². The van der Waals surface area contributed by atoms with Crippen LogP contribution in [0.3, 0.4) is 0 Å². The van der Waals surface area contributed by atoms with Crippen LogP contribution < -0.4 is 0 Å². The van der Waals surface area contributed by atoms with E-state index >= 15 is 0 Å². The first-order chi connectivity index (χ1) is 6.75. The molecule has 2 atom stereocenters. The van der Waals surface area contributed by atoms with Crippen molar-refractivity contribution in [1.29, 1.82) is 0 Å². The summed E-state index contributed by atoms with van der Waals surface area (Å²) < 4.78 is 12.7. The normalized spacial score (nSPS) is 26.7. The number of alkyl halides is 1. The largest absolute Gasteiger partial charge is 0.207 e. The van der Waals surface area contributed by atoms with Crippen molar-refractivity contribution in [1.82, 2.24) is 0 Å². The van der Waals surface area contributed by atoms with Gasteiger partial charge in [-0.25, -0.2) is 4.39 Å². The molecule has 1 aromatic carbocycles. The van der Waals surface area contributed by atoms with Gasteiger partial charge >= 0.3 is 0 Å². The Morgan fingerprint density at radius 2 is 2.00 bits per heavy atom. The average Bonchev–Trinajstić information content (AvgIpc) is 2.56. The molecule has 3 heteroatoms. The van der Waals surface area contributed by atoms with Crippen molar-refractivity contribution in [3.63, 3.8) is 0 Å². The second-order valence-corrected chi connectivity index (χ2v) is 5.90. The highest BCUT2D eigenvalue weighted by molar-refractivity contribution is 9.09. The molecule has 0 nitrogen and oxygen atoms in total. The topological polar surface area (TPSA) is 0 Å². The zero-order chi connectivity index (χ0) is 9.97. The van der Waals surface area contributed by atoms with Gasteiger partial charge in [0.15, 0.2) is 0 Å². The monoisotopic (exact) mass is 274 g/mol. The standard InChI is InChI=1S/C11H12BrFS/c12-11-7-14-6-9(11)5-8-1-3-10(13)4-2-8/h1-4,9,11H,5-7H2. The van der Waals surface area contributed by atoms with Crippen molar-refractivity contribution < 1.29 is 4.39 Å². The van der Waals surface area contributed by atoms with Crippen LogP contribution in [-0.2, 0) is 6.42 Å². The van der Waals surface area contributed by atoms with Crippen LogP contribution >= 0.6 is 27.7 Å². The molecule has 1 heterocycles. The number of hydrogen-bond donors (Lipinski definition) is 0. The van der Waals surface area contributed by atoms with Gasteiger partial charge in [-0.15, -0.1) is 0 Å². The summed E-state index contributed by atoms with van der Waals surface area (Å²) in [7, 11) is 0. The van der Waals surface area contributed by atoms with E-state index in [1.807, 2.05) is 23.9 Å². The van der Waals surface area contributed by atoms with E-state index in [2.05, 4.69) is 15.9 Å². The molecule has 1 aliphatic rings. The summed E-state index contributed by atoms with van der Waals surface area (Å²) in [6, 6.07) is 6.86. The van der Waals surface area contributed by atoms with Crippen molar-refractivity contribution in [3.8, 4) is 0 Å².